The second kappa shape index (κ2) is 5.02. The van der Waals surface area contributed by atoms with E-state index in [0.29, 0.717) is 29.5 Å². The molecule has 17 heavy (non-hydrogen) atoms. The Bertz CT molecular complexity index is 483. The lowest BCUT2D eigenvalue weighted by Gasteiger charge is -2.21. The van der Waals surface area contributed by atoms with Crippen molar-refractivity contribution in [2.45, 2.75) is 6.42 Å². The largest absolute Gasteiger partial charge is 0.354 e. The third kappa shape index (κ3) is 2.48. The lowest BCUT2D eigenvalue weighted by atomic mass is 10.2. The van der Waals surface area contributed by atoms with Crippen molar-refractivity contribution in [2.75, 3.05) is 24.5 Å². The van der Waals surface area contributed by atoms with Gasteiger partial charge in [0.15, 0.2) is 0 Å². The highest BCUT2D eigenvalue weighted by atomic mass is 35.5. The fourth-order valence-electron chi connectivity index (χ4n) is 1.73. The van der Waals surface area contributed by atoms with Crippen LogP contribution in [0.15, 0.2) is 12.3 Å². The molecule has 1 N–H and O–H groups in total. The van der Waals surface area contributed by atoms with Crippen LogP contribution in [-0.4, -0.2) is 30.5 Å². The summed E-state index contributed by atoms with van der Waals surface area (Å²) in [6, 6.07) is 3.56. The molecule has 0 aromatic carbocycles. The monoisotopic (exact) mass is 250 g/mol. The zero-order valence-corrected chi connectivity index (χ0v) is 9.87. The van der Waals surface area contributed by atoms with Gasteiger partial charge in [-0.05, 0) is 12.5 Å². The first kappa shape index (κ1) is 11.7. The summed E-state index contributed by atoms with van der Waals surface area (Å²) in [7, 11) is 0. The van der Waals surface area contributed by atoms with Crippen molar-refractivity contribution in [3.63, 3.8) is 0 Å². The van der Waals surface area contributed by atoms with Gasteiger partial charge in [0, 0.05) is 19.3 Å². The van der Waals surface area contributed by atoms with Gasteiger partial charge < -0.3 is 10.2 Å². The number of nitrogens with one attached hydrogen (secondary N) is 1. The van der Waals surface area contributed by atoms with E-state index in [2.05, 4.69) is 10.3 Å². The van der Waals surface area contributed by atoms with E-state index in [4.69, 9.17) is 16.9 Å². The van der Waals surface area contributed by atoms with Crippen LogP contribution in [0.1, 0.15) is 12.0 Å². The summed E-state index contributed by atoms with van der Waals surface area (Å²) in [6.45, 7) is 1.58. The Balaban J connectivity index is 2.33. The summed E-state index contributed by atoms with van der Waals surface area (Å²) in [4.78, 5) is 17.4. The lowest BCUT2D eigenvalue weighted by Crippen LogP contribution is -2.33. The van der Waals surface area contributed by atoms with Crippen LogP contribution in [0.4, 0.5) is 5.82 Å². The van der Waals surface area contributed by atoms with E-state index >= 15 is 0 Å². The fourth-order valence-corrected chi connectivity index (χ4v) is 2.00. The minimum absolute atomic E-state index is 0.0530. The molecule has 88 valence electrons. The number of anilines is 1. The van der Waals surface area contributed by atoms with E-state index in [0.717, 1.165) is 6.42 Å². The van der Waals surface area contributed by atoms with Gasteiger partial charge in [0.2, 0.25) is 5.91 Å². The predicted molar refractivity (Wildman–Crippen MR) is 63.8 cm³/mol. The van der Waals surface area contributed by atoms with Crippen LogP contribution in [-0.2, 0) is 4.79 Å². The molecule has 0 bridgehead atoms. The van der Waals surface area contributed by atoms with Crippen molar-refractivity contribution in [3.05, 3.63) is 22.8 Å². The summed E-state index contributed by atoms with van der Waals surface area (Å²) < 4.78 is 0. The fraction of sp³-hybridized carbons (Fsp3) is 0.364. The number of rotatable bonds is 1. The van der Waals surface area contributed by atoms with E-state index < -0.39 is 0 Å². The molecule has 1 aromatic heterocycles. The number of carbonyl (C=O) groups excluding carboxylic acids is 1. The number of aromatic nitrogens is 1. The van der Waals surface area contributed by atoms with Crippen molar-refractivity contribution in [2.24, 2.45) is 0 Å². The van der Waals surface area contributed by atoms with Gasteiger partial charge in [-0.15, -0.1) is 0 Å². The molecule has 1 fully saturated rings. The van der Waals surface area contributed by atoms with Crippen LogP contribution in [0, 0.1) is 11.3 Å². The Hall–Kier alpha value is -1.80. The average Bonchev–Trinajstić information content (AvgIpc) is 2.54. The quantitative estimate of drug-likeness (QED) is 0.805. The van der Waals surface area contributed by atoms with Gasteiger partial charge in [0.05, 0.1) is 12.1 Å². The minimum atomic E-state index is -0.0530. The van der Waals surface area contributed by atoms with Crippen molar-refractivity contribution in [3.8, 4) is 6.07 Å². The van der Waals surface area contributed by atoms with Gasteiger partial charge in [-0.3, -0.25) is 4.79 Å². The van der Waals surface area contributed by atoms with Crippen LogP contribution < -0.4 is 10.2 Å². The summed E-state index contributed by atoms with van der Waals surface area (Å²) in [5.74, 6) is 0.450. The summed E-state index contributed by atoms with van der Waals surface area (Å²) in [5, 5.41) is 12.0. The molecule has 0 saturated carbocycles. The maximum absolute atomic E-state index is 11.4. The van der Waals surface area contributed by atoms with Gasteiger partial charge >= 0.3 is 0 Å². The molecule has 2 heterocycles. The number of pyridine rings is 1. The van der Waals surface area contributed by atoms with Crippen LogP contribution in [0.3, 0.4) is 0 Å². The van der Waals surface area contributed by atoms with Gasteiger partial charge in [-0.1, -0.05) is 11.6 Å². The third-order valence-corrected chi connectivity index (χ3v) is 2.92. The molecular weight excluding hydrogens is 240 g/mol. The number of nitriles is 1. The Morgan fingerprint density at radius 3 is 3.18 bits per heavy atom. The Labute approximate surface area is 104 Å². The van der Waals surface area contributed by atoms with Crippen molar-refractivity contribution < 1.29 is 4.79 Å². The first-order valence-electron chi connectivity index (χ1n) is 5.28. The van der Waals surface area contributed by atoms with Gasteiger partial charge in [-0.2, -0.15) is 5.26 Å². The first-order chi connectivity index (χ1) is 8.22. The molecule has 1 saturated heterocycles. The van der Waals surface area contributed by atoms with E-state index in [1.807, 2.05) is 6.07 Å². The normalized spacial score (nSPS) is 16.0. The molecular formula is C11H11ClN4O. The topological polar surface area (TPSA) is 69.0 Å². The smallest absolute Gasteiger partial charge is 0.239 e. The van der Waals surface area contributed by atoms with Crippen LogP contribution in [0.2, 0.25) is 5.02 Å². The highest BCUT2D eigenvalue weighted by Crippen LogP contribution is 2.26. The highest BCUT2D eigenvalue weighted by Gasteiger charge is 2.19. The van der Waals surface area contributed by atoms with E-state index in [-0.39, 0.29) is 12.5 Å². The summed E-state index contributed by atoms with van der Waals surface area (Å²) in [6.07, 6.45) is 2.36. The van der Waals surface area contributed by atoms with Crippen LogP contribution >= 0.6 is 11.6 Å². The van der Waals surface area contributed by atoms with Crippen LogP contribution in [0.25, 0.3) is 0 Å². The molecule has 1 amide bonds. The molecule has 5 nitrogen and oxygen atoms in total. The number of amides is 1. The molecule has 0 spiro atoms. The zero-order chi connectivity index (χ0) is 12.3. The van der Waals surface area contributed by atoms with E-state index in [1.54, 1.807) is 11.0 Å². The molecule has 1 aromatic rings. The first-order valence-corrected chi connectivity index (χ1v) is 5.66. The maximum atomic E-state index is 11.4. The van der Waals surface area contributed by atoms with E-state index in [1.165, 1.54) is 6.20 Å². The number of hydrogen-bond acceptors (Lipinski definition) is 4. The number of hydrogen-bond donors (Lipinski definition) is 1. The molecule has 0 unspecified atom stereocenters. The van der Waals surface area contributed by atoms with Crippen molar-refractivity contribution >= 4 is 23.3 Å². The van der Waals surface area contributed by atoms with Crippen molar-refractivity contribution in [1.29, 1.82) is 5.26 Å². The molecule has 1 aliphatic rings. The highest BCUT2D eigenvalue weighted by molar-refractivity contribution is 6.34. The third-order valence-electron chi connectivity index (χ3n) is 2.55. The molecule has 0 radical (unpaired) electrons. The lowest BCUT2D eigenvalue weighted by molar-refractivity contribution is -0.119. The minimum Gasteiger partial charge on any atom is -0.354 e. The molecule has 0 atom stereocenters. The van der Waals surface area contributed by atoms with Gasteiger partial charge in [-0.25, -0.2) is 4.98 Å². The van der Waals surface area contributed by atoms with Crippen molar-refractivity contribution in [1.82, 2.24) is 10.3 Å². The Morgan fingerprint density at radius 2 is 2.41 bits per heavy atom. The SMILES string of the molecule is N#Cc1ccnc(N2CCCNC(=O)C2)c1Cl. The Kier molecular flexibility index (Phi) is 3.45. The van der Waals surface area contributed by atoms with Gasteiger partial charge in [0.25, 0.3) is 0 Å². The number of nitrogens with zero attached hydrogens (tertiary/aromatic N) is 3. The number of halogens is 1. The van der Waals surface area contributed by atoms with Gasteiger partial charge in [0.1, 0.15) is 16.9 Å². The average molecular weight is 251 g/mol. The summed E-state index contributed by atoms with van der Waals surface area (Å²) in [5.41, 5.74) is 0.376. The zero-order valence-electron chi connectivity index (χ0n) is 9.11. The van der Waals surface area contributed by atoms with Crippen LogP contribution in [0.5, 0.6) is 0 Å². The molecule has 0 aliphatic carbocycles. The summed E-state index contributed by atoms with van der Waals surface area (Å²) >= 11 is 6.08. The predicted octanol–water partition coefficient (Wildman–Crippen LogP) is 0.933. The molecule has 6 heteroatoms. The standard InChI is InChI=1S/C11H11ClN4O/c12-10-8(6-13)2-4-15-11(10)16-5-1-3-14-9(17)7-16/h2,4H,1,3,5,7H2,(H,14,17). The second-order valence-corrected chi connectivity index (χ2v) is 4.11. The molecule has 1 aliphatic heterocycles. The molecule has 2 rings (SSSR count). The maximum Gasteiger partial charge on any atom is 0.239 e. The Morgan fingerprint density at radius 1 is 1.59 bits per heavy atom. The number of carbonyl (C=O) groups is 1. The van der Waals surface area contributed by atoms with E-state index in [9.17, 15) is 4.79 Å². The second-order valence-electron chi connectivity index (χ2n) is 3.73.